The number of amides is 2. The van der Waals surface area contributed by atoms with Gasteiger partial charge in [0.1, 0.15) is 23.0 Å². The molecule has 3 aromatic rings. The first kappa shape index (κ1) is 23.6. The molecule has 0 atom stereocenters. The van der Waals surface area contributed by atoms with E-state index in [4.69, 9.17) is 9.15 Å². The molecule has 0 fully saturated rings. The zero-order valence-electron chi connectivity index (χ0n) is 18.1. The van der Waals surface area contributed by atoms with Gasteiger partial charge in [0, 0.05) is 31.3 Å². The summed E-state index contributed by atoms with van der Waals surface area (Å²) in [7, 11) is 4.54. The molecule has 3 rings (SSSR count). The summed E-state index contributed by atoms with van der Waals surface area (Å²) in [6.45, 7) is 0. The van der Waals surface area contributed by atoms with Gasteiger partial charge in [-0.15, -0.1) is 0 Å². The molecule has 0 unspecified atom stereocenters. The fraction of sp³-hybridized carbons (Fsp3) is 0.167. The van der Waals surface area contributed by atoms with Gasteiger partial charge in [0.25, 0.3) is 11.8 Å². The molecule has 0 bridgehead atoms. The molecule has 1 N–H and O–H groups in total. The summed E-state index contributed by atoms with van der Waals surface area (Å²) in [5, 5.41) is 2.56. The number of carbonyl (C=O) groups excluding carboxylic acids is 2. The van der Waals surface area contributed by atoms with Crippen molar-refractivity contribution in [3.63, 3.8) is 0 Å². The number of hydrogen-bond donors (Lipinski definition) is 1. The van der Waals surface area contributed by atoms with Crippen LogP contribution in [0.15, 0.2) is 70.8 Å². The first-order valence-corrected chi connectivity index (χ1v) is 9.74. The van der Waals surface area contributed by atoms with Gasteiger partial charge in [-0.1, -0.05) is 12.1 Å². The SMILES string of the molecule is COc1ccc(C(=O)NC(=Cc2ccc(-c3cccc(C(F)(F)F)c3)o2)C(=O)N(C)C)cc1. The van der Waals surface area contributed by atoms with Gasteiger partial charge in [0.05, 0.1) is 12.7 Å². The van der Waals surface area contributed by atoms with Crippen molar-refractivity contribution in [2.24, 2.45) is 0 Å². The van der Waals surface area contributed by atoms with Gasteiger partial charge in [-0.05, 0) is 48.5 Å². The molecule has 0 aliphatic carbocycles. The van der Waals surface area contributed by atoms with E-state index in [1.807, 2.05) is 0 Å². The van der Waals surface area contributed by atoms with Crippen molar-refractivity contribution in [3.05, 3.63) is 83.2 Å². The lowest BCUT2D eigenvalue weighted by molar-refractivity contribution is -0.137. The summed E-state index contributed by atoms with van der Waals surface area (Å²) in [5.41, 5.74) is -0.334. The maximum atomic E-state index is 13.0. The Bertz CT molecular complexity index is 1180. The fourth-order valence-corrected chi connectivity index (χ4v) is 2.91. The third-order valence-electron chi connectivity index (χ3n) is 4.62. The fourth-order valence-electron chi connectivity index (χ4n) is 2.91. The molecule has 33 heavy (non-hydrogen) atoms. The highest BCUT2D eigenvalue weighted by Crippen LogP contribution is 2.32. The largest absolute Gasteiger partial charge is 0.497 e. The van der Waals surface area contributed by atoms with Crippen LogP contribution in [0.1, 0.15) is 21.7 Å². The molecular formula is C24H21F3N2O4. The Labute approximate surface area is 188 Å². The molecule has 0 aliphatic heterocycles. The molecule has 1 aromatic heterocycles. The Morgan fingerprint density at radius 3 is 2.33 bits per heavy atom. The normalized spacial score (nSPS) is 11.8. The monoisotopic (exact) mass is 458 g/mol. The van der Waals surface area contributed by atoms with E-state index in [0.29, 0.717) is 11.3 Å². The van der Waals surface area contributed by atoms with E-state index in [-0.39, 0.29) is 22.8 Å². The number of methoxy groups -OCH3 is 1. The van der Waals surface area contributed by atoms with Crippen molar-refractivity contribution < 1.29 is 31.9 Å². The molecule has 1 heterocycles. The Morgan fingerprint density at radius 2 is 1.73 bits per heavy atom. The third-order valence-corrected chi connectivity index (χ3v) is 4.62. The van der Waals surface area contributed by atoms with Gasteiger partial charge in [0.15, 0.2) is 0 Å². The van der Waals surface area contributed by atoms with E-state index in [2.05, 4.69) is 5.32 Å². The summed E-state index contributed by atoms with van der Waals surface area (Å²) < 4.78 is 49.7. The van der Waals surface area contributed by atoms with Crippen LogP contribution < -0.4 is 10.1 Å². The van der Waals surface area contributed by atoms with Crippen LogP contribution in [0.2, 0.25) is 0 Å². The molecule has 2 amide bonds. The molecule has 0 radical (unpaired) electrons. The number of alkyl halides is 3. The number of nitrogens with zero attached hydrogens (tertiary/aromatic N) is 1. The highest BCUT2D eigenvalue weighted by atomic mass is 19.4. The van der Waals surface area contributed by atoms with Crippen molar-refractivity contribution in [2.45, 2.75) is 6.18 Å². The second kappa shape index (κ2) is 9.64. The minimum Gasteiger partial charge on any atom is -0.497 e. The maximum Gasteiger partial charge on any atom is 0.416 e. The molecule has 172 valence electrons. The van der Waals surface area contributed by atoms with Crippen LogP contribution in [0.25, 0.3) is 17.4 Å². The van der Waals surface area contributed by atoms with Gasteiger partial charge in [0.2, 0.25) is 0 Å². The third kappa shape index (κ3) is 5.82. The van der Waals surface area contributed by atoms with Gasteiger partial charge < -0.3 is 19.4 Å². The first-order valence-electron chi connectivity index (χ1n) is 9.74. The lowest BCUT2D eigenvalue weighted by Gasteiger charge is -2.14. The summed E-state index contributed by atoms with van der Waals surface area (Å²) in [4.78, 5) is 26.5. The quantitative estimate of drug-likeness (QED) is 0.537. The standard InChI is InChI=1S/C24H21F3N2O4/c1-29(2)23(31)20(28-22(30)15-7-9-18(32-3)10-8-15)14-19-11-12-21(33-19)16-5-4-6-17(13-16)24(25,26)27/h4-14H,1-3H3,(H,28,30). The highest BCUT2D eigenvalue weighted by molar-refractivity contribution is 6.05. The number of furan rings is 1. The van der Waals surface area contributed by atoms with Crippen molar-refractivity contribution >= 4 is 17.9 Å². The average Bonchev–Trinajstić information content (AvgIpc) is 3.26. The number of halogens is 3. The number of nitrogens with one attached hydrogen (secondary N) is 1. The number of hydrogen-bond acceptors (Lipinski definition) is 4. The molecule has 0 saturated carbocycles. The molecule has 6 nitrogen and oxygen atoms in total. The van der Waals surface area contributed by atoms with E-state index < -0.39 is 23.6 Å². The maximum absolute atomic E-state index is 13.0. The molecule has 9 heteroatoms. The van der Waals surface area contributed by atoms with Crippen molar-refractivity contribution in [1.29, 1.82) is 0 Å². The topological polar surface area (TPSA) is 71.8 Å². The van der Waals surface area contributed by atoms with Crippen LogP contribution in [0, 0.1) is 0 Å². The molecule has 0 saturated heterocycles. The van der Waals surface area contributed by atoms with Gasteiger partial charge in [-0.2, -0.15) is 13.2 Å². The van der Waals surface area contributed by atoms with Crippen LogP contribution in [-0.4, -0.2) is 37.9 Å². The summed E-state index contributed by atoms with van der Waals surface area (Å²) in [6, 6.07) is 14.0. The summed E-state index contributed by atoms with van der Waals surface area (Å²) >= 11 is 0. The highest BCUT2D eigenvalue weighted by Gasteiger charge is 2.30. The number of rotatable bonds is 6. The Hall–Kier alpha value is -4.01. The van der Waals surface area contributed by atoms with Gasteiger partial charge in [-0.3, -0.25) is 9.59 Å². The second-order valence-corrected chi connectivity index (χ2v) is 7.22. The number of benzene rings is 2. The average molecular weight is 458 g/mol. The van der Waals surface area contributed by atoms with Crippen LogP contribution in [0.3, 0.4) is 0 Å². The molecular weight excluding hydrogens is 437 g/mol. The summed E-state index contributed by atoms with van der Waals surface area (Å²) in [5.74, 6) is -0.0739. The van der Waals surface area contributed by atoms with E-state index in [0.717, 1.165) is 12.1 Å². The van der Waals surface area contributed by atoms with E-state index >= 15 is 0 Å². The van der Waals surface area contributed by atoms with Crippen molar-refractivity contribution in [3.8, 4) is 17.1 Å². The Balaban J connectivity index is 1.89. The minimum atomic E-state index is -4.48. The minimum absolute atomic E-state index is 0.0641. The first-order chi connectivity index (χ1) is 15.6. The van der Waals surface area contributed by atoms with E-state index in [1.165, 1.54) is 56.4 Å². The van der Waals surface area contributed by atoms with Crippen LogP contribution in [-0.2, 0) is 11.0 Å². The zero-order valence-corrected chi connectivity index (χ0v) is 18.1. The Morgan fingerprint density at radius 1 is 1.03 bits per heavy atom. The number of carbonyl (C=O) groups is 2. The van der Waals surface area contributed by atoms with Crippen molar-refractivity contribution in [2.75, 3.05) is 21.2 Å². The molecule has 2 aromatic carbocycles. The second-order valence-electron chi connectivity index (χ2n) is 7.22. The van der Waals surface area contributed by atoms with Crippen LogP contribution in [0.4, 0.5) is 13.2 Å². The predicted octanol–water partition coefficient (Wildman–Crippen LogP) is 4.83. The Kier molecular flexibility index (Phi) is 6.91. The predicted molar refractivity (Wildman–Crippen MR) is 116 cm³/mol. The lowest BCUT2D eigenvalue weighted by atomic mass is 10.1. The van der Waals surface area contributed by atoms with Gasteiger partial charge in [-0.25, -0.2) is 0 Å². The lowest BCUT2D eigenvalue weighted by Crippen LogP contribution is -2.34. The summed E-state index contributed by atoms with van der Waals surface area (Å²) in [6.07, 6.45) is -3.16. The van der Waals surface area contributed by atoms with Crippen molar-refractivity contribution in [1.82, 2.24) is 10.2 Å². The zero-order chi connectivity index (χ0) is 24.2. The van der Waals surface area contributed by atoms with Gasteiger partial charge >= 0.3 is 6.18 Å². The van der Waals surface area contributed by atoms with Crippen LogP contribution in [0.5, 0.6) is 5.75 Å². The smallest absolute Gasteiger partial charge is 0.416 e. The van der Waals surface area contributed by atoms with E-state index in [9.17, 15) is 22.8 Å². The van der Waals surface area contributed by atoms with E-state index in [1.54, 1.807) is 24.3 Å². The van der Waals surface area contributed by atoms with Crippen LogP contribution >= 0.6 is 0 Å². The molecule has 0 aliphatic rings. The number of ether oxygens (including phenoxy) is 1. The molecule has 0 spiro atoms. The number of likely N-dealkylation sites (N-methyl/N-ethyl adjacent to an activating group) is 1.